The van der Waals surface area contributed by atoms with E-state index >= 15 is 0 Å². The highest BCUT2D eigenvalue weighted by Crippen LogP contribution is 2.10. The van der Waals surface area contributed by atoms with Crippen molar-refractivity contribution in [2.24, 2.45) is 0 Å². The molecule has 1 aromatic rings. The Morgan fingerprint density at radius 2 is 1.39 bits per heavy atom. The molecule has 0 heterocycles. The molecule has 1 aromatic carbocycles. The molecular formula is C14H20O4. The summed E-state index contributed by atoms with van der Waals surface area (Å²) in [6, 6.07) is 7.28. The zero-order valence-corrected chi connectivity index (χ0v) is 10.8. The highest BCUT2D eigenvalue weighted by atomic mass is 16.6. The van der Waals surface area contributed by atoms with Crippen LogP contribution in [-0.2, 0) is 14.2 Å². The van der Waals surface area contributed by atoms with Gasteiger partial charge in [-0.1, -0.05) is 12.1 Å². The summed E-state index contributed by atoms with van der Waals surface area (Å²) in [4.78, 5) is 0. The minimum absolute atomic E-state index is 0.516. The van der Waals surface area contributed by atoms with Gasteiger partial charge >= 0.3 is 0 Å². The minimum atomic E-state index is 0.516. The SMILES string of the molecule is [CH]c1ccc(OCCOCCOCCOC)cc1. The molecule has 0 fully saturated rings. The molecule has 1 rings (SSSR count). The maximum Gasteiger partial charge on any atom is 0.119 e. The number of hydrogen-bond donors (Lipinski definition) is 0. The molecule has 0 aromatic heterocycles. The van der Waals surface area contributed by atoms with Gasteiger partial charge in [0.1, 0.15) is 12.4 Å². The summed E-state index contributed by atoms with van der Waals surface area (Å²) in [5, 5.41) is 0. The molecule has 2 radical (unpaired) electrons. The predicted octanol–water partition coefficient (Wildman–Crippen LogP) is 1.80. The zero-order chi connectivity index (χ0) is 13.1. The van der Waals surface area contributed by atoms with Crippen LogP contribution in [-0.4, -0.2) is 46.8 Å². The molecule has 4 heteroatoms. The lowest BCUT2D eigenvalue weighted by Gasteiger charge is -2.07. The molecule has 0 N–H and O–H groups in total. The van der Waals surface area contributed by atoms with Gasteiger partial charge < -0.3 is 18.9 Å². The van der Waals surface area contributed by atoms with Crippen molar-refractivity contribution in [3.63, 3.8) is 0 Å². The van der Waals surface area contributed by atoms with Crippen LogP contribution in [0.2, 0.25) is 0 Å². The average Bonchev–Trinajstić information content (AvgIpc) is 2.39. The van der Waals surface area contributed by atoms with E-state index in [2.05, 4.69) is 0 Å². The van der Waals surface area contributed by atoms with Gasteiger partial charge in [0.05, 0.1) is 33.0 Å². The van der Waals surface area contributed by atoms with Gasteiger partial charge in [-0.05, 0) is 24.6 Å². The minimum Gasteiger partial charge on any atom is -0.491 e. The lowest BCUT2D eigenvalue weighted by Crippen LogP contribution is -2.12. The van der Waals surface area contributed by atoms with E-state index in [-0.39, 0.29) is 0 Å². The normalized spacial score (nSPS) is 10.6. The van der Waals surface area contributed by atoms with Crippen LogP contribution in [0, 0.1) is 6.92 Å². The summed E-state index contributed by atoms with van der Waals surface area (Å²) in [6.07, 6.45) is 0. The van der Waals surface area contributed by atoms with Crippen LogP contribution in [0.5, 0.6) is 5.75 Å². The first-order valence-corrected chi connectivity index (χ1v) is 5.95. The summed E-state index contributed by atoms with van der Waals surface area (Å²) in [6.45, 7) is 8.97. The summed E-state index contributed by atoms with van der Waals surface area (Å²) in [7, 11) is 1.65. The van der Waals surface area contributed by atoms with Gasteiger partial charge in [-0.15, -0.1) is 0 Å². The van der Waals surface area contributed by atoms with Crippen LogP contribution in [0.25, 0.3) is 0 Å². The quantitative estimate of drug-likeness (QED) is 0.595. The van der Waals surface area contributed by atoms with Crippen molar-refractivity contribution in [3.8, 4) is 5.75 Å². The van der Waals surface area contributed by atoms with Crippen LogP contribution in [0.4, 0.5) is 0 Å². The van der Waals surface area contributed by atoms with Crippen LogP contribution < -0.4 is 4.74 Å². The first-order chi connectivity index (χ1) is 8.83. The Kier molecular flexibility index (Phi) is 8.21. The van der Waals surface area contributed by atoms with Crippen LogP contribution in [0.1, 0.15) is 5.56 Å². The van der Waals surface area contributed by atoms with Crippen LogP contribution in [0.15, 0.2) is 24.3 Å². The fourth-order valence-electron chi connectivity index (χ4n) is 1.25. The second-order valence-corrected chi connectivity index (χ2v) is 3.64. The molecule has 0 aliphatic rings. The van der Waals surface area contributed by atoms with E-state index in [4.69, 9.17) is 25.9 Å². The summed E-state index contributed by atoms with van der Waals surface area (Å²) >= 11 is 0. The van der Waals surface area contributed by atoms with Gasteiger partial charge in [0.15, 0.2) is 0 Å². The topological polar surface area (TPSA) is 36.9 Å². The van der Waals surface area contributed by atoms with Crippen LogP contribution >= 0.6 is 0 Å². The van der Waals surface area contributed by atoms with E-state index in [1.165, 1.54) is 0 Å². The molecule has 0 saturated heterocycles. The fraction of sp³-hybridized carbons (Fsp3) is 0.500. The molecule has 0 unspecified atom stereocenters. The Morgan fingerprint density at radius 3 is 2.00 bits per heavy atom. The number of benzene rings is 1. The van der Waals surface area contributed by atoms with Gasteiger partial charge in [-0.3, -0.25) is 0 Å². The van der Waals surface area contributed by atoms with Crippen molar-refractivity contribution in [3.05, 3.63) is 36.8 Å². The van der Waals surface area contributed by atoms with Gasteiger partial charge in [-0.2, -0.15) is 0 Å². The molecule has 0 saturated carbocycles. The third-order valence-electron chi connectivity index (χ3n) is 2.18. The lowest BCUT2D eigenvalue weighted by atomic mass is 10.2. The summed E-state index contributed by atoms with van der Waals surface area (Å²) < 4.78 is 20.9. The van der Waals surface area contributed by atoms with E-state index in [0.717, 1.165) is 11.3 Å². The van der Waals surface area contributed by atoms with Gasteiger partial charge in [-0.25, -0.2) is 0 Å². The molecule has 4 nitrogen and oxygen atoms in total. The highest BCUT2D eigenvalue weighted by molar-refractivity contribution is 5.28. The first-order valence-electron chi connectivity index (χ1n) is 5.95. The molecule has 100 valence electrons. The third-order valence-corrected chi connectivity index (χ3v) is 2.18. The molecule has 0 spiro atoms. The Bertz CT molecular complexity index is 297. The largest absolute Gasteiger partial charge is 0.491 e. The number of methoxy groups -OCH3 is 1. The molecule has 18 heavy (non-hydrogen) atoms. The van der Waals surface area contributed by atoms with Gasteiger partial charge in [0, 0.05) is 7.11 Å². The molecule has 0 amide bonds. The molecule has 0 atom stereocenters. The Balaban J connectivity index is 1.91. The molecule has 0 aliphatic carbocycles. The van der Waals surface area contributed by atoms with Crippen molar-refractivity contribution >= 4 is 0 Å². The van der Waals surface area contributed by atoms with E-state index in [1.807, 2.05) is 12.1 Å². The van der Waals surface area contributed by atoms with E-state index in [9.17, 15) is 0 Å². The smallest absolute Gasteiger partial charge is 0.119 e. The molecule has 0 aliphatic heterocycles. The number of ether oxygens (including phenoxy) is 4. The maximum atomic E-state index is 5.57. The summed E-state index contributed by atoms with van der Waals surface area (Å²) in [5.74, 6) is 0.796. The van der Waals surface area contributed by atoms with E-state index in [1.54, 1.807) is 19.2 Å². The zero-order valence-electron chi connectivity index (χ0n) is 10.8. The van der Waals surface area contributed by atoms with E-state index in [0.29, 0.717) is 39.6 Å². The van der Waals surface area contributed by atoms with Crippen LogP contribution in [0.3, 0.4) is 0 Å². The Labute approximate surface area is 109 Å². The maximum absolute atomic E-state index is 5.57. The lowest BCUT2D eigenvalue weighted by molar-refractivity contribution is 0.0180. The number of hydrogen-bond acceptors (Lipinski definition) is 4. The van der Waals surface area contributed by atoms with Crippen molar-refractivity contribution in [2.75, 3.05) is 46.8 Å². The second kappa shape index (κ2) is 9.88. The van der Waals surface area contributed by atoms with Crippen molar-refractivity contribution in [2.45, 2.75) is 0 Å². The monoisotopic (exact) mass is 252 g/mol. The Hall–Kier alpha value is -1.10. The van der Waals surface area contributed by atoms with Gasteiger partial charge in [0.2, 0.25) is 0 Å². The van der Waals surface area contributed by atoms with Crippen molar-refractivity contribution < 1.29 is 18.9 Å². The predicted molar refractivity (Wildman–Crippen MR) is 68.9 cm³/mol. The second-order valence-electron chi connectivity index (χ2n) is 3.64. The third kappa shape index (κ3) is 7.27. The summed E-state index contributed by atoms with van der Waals surface area (Å²) in [5.41, 5.74) is 0.729. The molecular weight excluding hydrogens is 232 g/mol. The average molecular weight is 252 g/mol. The first kappa shape index (κ1) is 15.0. The fourth-order valence-corrected chi connectivity index (χ4v) is 1.25. The van der Waals surface area contributed by atoms with Crippen molar-refractivity contribution in [1.82, 2.24) is 0 Å². The molecule has 0 bridgehead atoms. The Morgan fingerprint density at radius 1 is 0.833 bits per heavy atom. The van der Waals surface area contributed by atoms with E-state index < -0.39 is 0 Å². The number of rotatable bonds is 10. The standard InChI is InChI=1S/C14H20O4/c1-13-3-5-14(6-4-13)18-12-11-17-10-9-16-8-7-15-2/h1,3-6H,7-12H2,2H3. The van der Waals surface area contributed by atoms with Gasteiger partial charge in [0.25, 0.3) is 0 Å². The highest BCUT2D eigenvalue weighted by Gasteiger charge is 1.94. The van der Waals surface area contributed by atoms with Crippen molar-refractivity contribution in [1.29, 1.82) is 0 Å².